The Morgan fingerprint density at radius 3 is 2.66 bits per heavy atom. The summed E-state index contributed by atoms with van der Waals surface area (Å²) < 4.78 is 5.13. The molecule has 3 aromatic heterocycles. The zero-order chi connectivity index (χ0) is 24.7. The number of hydrogen-bond donors (Lipinski definition) is 1. The number of anilines is 1. The zero-order valence-corrected chi connectivity index (χ0v) is 21.9. The first-order chi connectivity index (χ1) is 16.8. The van der Waals surface area contributed by atoms with Crippen molar-refractivity contribution in [1.82, 2.24) is 4.98 Å². The number of methoxy groups -OCH3 is 1. The molecule has 0 saturated carbocycles. The van der Waals surface area contributed by atoms with Crippen molar-refractivity contribution < 1.29 is 14.3 Å². The van der Waals surface area contributed by atoms with Gasteiger partial charge in [-0.05, 0) is 59.7 Å². The standard InChI is InChI=1S/C28H28N2O3S2/c1-28(2,3)16-11-12-18-23(14-16)35-26(24(18)27(32)33-4)30-25(31)19-15-21(22-10-7-13-34-22)29-20-9-6-5-8-17(19)20/h5-10,13,15-16H,11-12,14H2,1-4H3,(H,30,31). The van der Waals surface area contributed by atoms with E-state index in [0.29, 0.717) is 22.0 Å². The van der Waals surface area contributed by atoms with Crippen molar-refractivity contribution in [1.29, 1.82) is 0 Å². The van der Waals surface area contributed by atoms with Crippen LogP contribution in [-0.2, 0) is 17.6 Å². The lowest BCUT2D eigenvalue weighted by Gasteiger charge is -2.33. The molecular weight excluding hydrogens is 476 g/mol. The van der Waals surface area contributed by atoms with Gasteiger partial charge < -0.3 is 10.1 Å². The van der Waals surface area contributed by atoms with Gasteiger partial charge in [0.2, 0.25) is 0 Å². The van der Waals surface area contributed by atoms with Gasteiger partial charge in [-0.2, -0.15) is 0 Å². The van der Waals surface area contributed by atoms with Gasteiger partial charge in [0.05, 0.1) is 34.3 Å². The van der Waals surface area contributed by atoms with Crippen molar-refractivity contribution in [2.24, 2.45) is 11.3 Å². The number of para-hydroxylation sites is 1. The smallest absolute Gasteiger partial charge is 0.341 e. The van der Waals surface area contributed by atoms with E-state index < -0.39 is 5.97 Å². The summed E-state index contributed by atoms with van der Waals surface area (Å²) in [6.07, 6.45) is 2.74. The van der Waals surface area contributed by atoms with Crippen LogP contribution >= 0.6 is 22.7 Å². The van der Waals surface area contributed by atoms with Gasteiger partial charge in [-0.25, -0.2) is 9.78 Å². The fraction of sp³-hybridized carbons (Fsp3) is 0.321. The molecule has 0 bridgehead atoms. The van der Waals surface area contributed by atoms with E-state index in [-0.39, 0.29) is 11.3 Å². The molecular formula is C28H28N2O3S2. The lowest BCUT2D eigenvalue weighted by Crippen LogP contribution is -2.26. The van der Waals surface area contributed by atoms with Crippen LogP contribution in [0.5, 0.6) is 0 Å². The van der Waals surface area contributed by atoms with Crippen LogP contribution in [-0.4, -0.2) is 24.0 Å². The summed E-state index contributed by atoms with van der Waals surface area (Å²) in [6, 6.07) is 13.5. The highest BCUT2D eigenvalue weighted by Crippen LogP contribution is 2.44. The molecule has 0 saturated heterocycles. The Bertz CT molecular complexity index is 1410. The molecule has 1 aliphatic carbocycles. The average Bonchev–Trinajstić information content (AvgIpc) is 3.50. The average molecular weight is 505 g/mol. The lowest BCUT2D eigenvalue weighted by molar-refractivity contribution is 0.0600. The summed E-state index contributed by atoms with van der Waals surface area (Å²) in [7, 11) is 1.39. The number of fused-ring (bicyclic) bond motifs is 2. The number of esters is 1. The molecule has 7 heteroatoms. The summed E-state index contributed by atoms with van der Waals surface area (Å²) in [4.78, 5) is 33.4. The van der Waals surface area contributed by atoms with Gasteiger partial charge in [-0.15, -0.1) is 22.7 Å². The summed E-state index contributed by atoms with van der Waals surface area (Å²) in [5, 5.41) is 6.41. The predicted octanol–water partition coefficient (Wildman–Crippen LogP) is 7.21. The molecule has 1 N–H and O–H groups in total. The number of nitrogens with zero attached hydrogens (tertiary/aromatic N) is 1. The van der Waals surface area contributed by atoms with Crippen LogP contribution in [0.3, 0.4) is 0 Å². The van der Waals surface area contributed by atoms with Gasteiger partial charge in [-0.1, -0.05) is 45.0 Å². The van der Waals surface area contributed by atoms with Crippen LogP contribution in [0.1, 0.15) is 58.3 Å². The molecule has 0 radical (unpaired) electrons. The van der Waals surface area contributed by atoms with Crippen molar-refractivity contribution in [2.45, 2.75) is 40.0 Å². The van der Waals surface area contributed by atoms with Gasteiger partial charge in [0.25, 0.3) is 5.91 Å². The number of hydrogen-bond acceptors (Lipinski definition) is 6. The molecule has 1 aromatic carbocycles. The molecule has 0 aliphatic heterocycles. The van der Waals surface area contributed by atoms with E-state index in [2.05, 4.69) is 26.1 Å². The maximum absolute atomic E-state index is 13.7. The number of nitrogens with one attached hydrogen (secondary N) is 1. The van der Waals surface area contributed by atoms with E-state index in [1.807, 2.05) is 47.8 Å². The highest BCUT2D eigenvalue weighted by Gasteiger charge is 2.34. The molecule has 0 spiro atoms. The molecule has 1 atom stereocenters. The molecule has 4 aromatic rings. The summed E-state index contributed by atoms with van der Waals surface area (Å²) in [5.41, 5.74) is 3.77. The molecule has 1 amide bonds. The minimum Gasteiger partial charge on any atom is -0.465 e. The van der Waals surface area contributed by atoms with E-state index in [1.54, 1.807) is 11.3 Å². The van der Waals surface area contributed by atoms with Gasteiger partial charge in [-0.3, -0.25) is 4.79 Å². The largest absolute Gasteiger partial charge is 0.465 e. The Hall–Kier alpha value is -3.03. The fourth-order valence-corrected chi connectivity index (χ4v) is 6.81. The second-order valence-electron chi connectivity index (χ2n) is 10.0. The zero-order valence-electron chi connectivity index (χ0n) is 20.3. The minimum absolute atomic E-state index is 0.185. The molecule has 3 heterocycles. The second kappa shape index (κ2) is 9.21. The third kappa shape index (κ3) is 4.50. The Labute approximate surface area is 213 Å². The fourth-order valence-electron chi connectivity index (χ4n) is 4.82. The third-order valence-corrected chi connectivity index (χ3v) is 8.90. The Balaban J connectivity index is 1.55. The van der Waals surface area contributed by atoms with Crippen LogP contribution < -0.4 is 5.32 Å². The Morgan fingerprint density at radius 1 is 1.14 bits per heavy atom. The number of ether oxygens (including phenoxy) is 1. The first-order valence-electron chi connectivity index (χ1n) is 11.7. The first kappa shape index (κ1) is 23.7. The first-order valence-corrected chi connectivity index (χ1v) is 13.4. The lowest BCUT2D eigenvalue weighted by atomic mass is 9.72. The van der Waals surface area contributed by atoms with Gasteiger partial charge >= 0.3 is 5.97 Å². The van der Waals surface area contributed by atoms with E-state index in [0.717, 1.165) is 46.3 Å². The highest BCUT2D eigenvalue weighted by atomic mass is 32.1. The third-order valence-electron chi connectivity index (χ3n) is 6.84. The topological polar surface area (TPSA) is 68.3 Å². The van der Waals surface area contributed by atoms with Gasteiger partial charge in [0, 0.05) is 10.3 Å². The number of rotatable bonds is 4. The van der Waals surface area contributed by atoms with E-state index in [1.165, 1.54) is 23.3 Å². The SMILES string of the molecule is COC(=O)c1c(NC(=O)c2cc(-c3cccs3)nc3ccccc23)sc2c1CCC(C(C)(C)C)C2. The molecule has 5 nitrogen and oxygen atoms in total. The number of aromatic nitrogens is 1. The highest BCUT2D eigenvalue weighted by molar-refractivity contribution is 7.17. The second-order valence-corrected chi connectivity index (χ2v) is 12.1. The van der Waals surface area contributed by atoms with Crippen molar-refractivity contribution in [3.63, 3.8) is 0 Å². The van der Waals surface area contributed by atoms with E-state index >= 15 is 0 Å². The quantitative estimate of drug-likeness (QED) is 0.298. The predicted molar refractivity (Wildman–Crippen MR) is 144 cm³/mol. The number of benzene rings is 1. The number of pyridine rings is 1. The maximum atomic E-state index is 13.7. The Morgan fingerprint density at radius 2 is 1.94 bits per heavy atom. The van der Waals surface area contributed by atoms with E-state index in [9.17, 15) is 9.59 Å². The molecule has 1 aliphatic rings. The molecule has 5 rings (SSSR count). The summed E-state index contributed by atoms with van der Waals surface area (Å²) in [6.45, 7) is 6.79. The van der Waals surface area contributed by atoms with Crippen LogP contribution in [0.15, 0.2) is 47.8 Å². The maximum Gasteiger partial charge on any atom is 0.341 e. The normalized spacial score (nSPS) is 15.6. The molecule has 180 valence electrons. The number of carbonyl (C=O) groups excluding carboxylic acids is 2. The van der Waals surface area contributed by atoms with Gasteiger partial charge in [0.1, 0.15) is 5.00 Å². The van der Waals surface area contributed by atoms with Crippen LogP contribution in [0.4, 0.5) is 5.00 Å². The van der Waals surface area contributed by atoms with Crippen LogP contribution in [0, 0.1) is 11.3 Å². The molecule has 0 fully saturated rings. The van der Waals surface area contributed by atoms with Crippen molar-refractivity contribution in [3.05, 3.63) is 69.4 Å². The number of amides is 1. The molecule has 35 heavy (non-hydrogen) atoms. The van der Waals surface area contributed by atoms with E-state index in [4.69, 9.17) is 9.72 Å². The van der Waals surface area contributed by atoms with Crippen LogP contribution in [0.2, 0.25) is 0 Å². The van der Waals surface area contributed by atoms with Crippen molar-refractivity contribution in [3.8, 4) is 10.6 Å². The van der Waals surface area contributed by atoms with Crippen molar-refractivity contribution >= 4 is 50.5 Å². The van der Waals surface area contributed by atoms with Crippen LogP contribution in [0.25, 0.3) is 21.5 Å². The Kier molecular flexibility index (Phi) is 6.23. The number of carbonyl (C=O) groups is 2. The number of thiophene rings is 2. The minimum atomic E-state index is -0.397. The summed E-state index contributed by atoms with van der Waals surface area (Å²) >= 11 is 3.09. The summed E-state index contributed by atoms with van der Waals surface area (Å²) in [5.74, 6) is -0.122. The monoisotopic (exact) mass is 504 g/mol. The molecule has 1 unspecified atom stereocenters. The van der Waals surface area contributed by atoms with Crippen molar-refractivity contribution in [2.75, 3.05) is 12.4 Å². The van der Waals surface area contributed by atoms with Gasteiger partial charge in [0.15, 0.2) is 0 Å².